The van der Waals surface area contributed by atoms with Gasteiger partial charge in [-0.15, -0.1) is 0 Å². The van der Waals surface area contributed by atoms with E-state index in [1.807, 2.05) is 25.1 Å². The lowest BCUT2D eigenvalue weighted by atomic mass is 10.2. The molecule has 0 unspecified atom stereocenters. The number of hydrogen-bond donors (Lipinski definition) is 0. The van der Waals surface area contributed by atoms with E-state index < -0.39 is 0 Å². The Balaban J connectivity index is 2.24. The Morgan fingerprint density at radius 1 is 1.05 bits per heavy atom. The summed E-state index contributed by atoms with van der Waals surface area (Å²) in [5.41, 5.74) is 3.19. The Morgan fingerprint density at radius 3 is 2.63 bits per heavy atom. The van der Waals surface area contributed by atoms with Crippen LogP contribution in [0.1, 0.15) is 5.56 Å². The van der Waals surface area contributed by atoms with Crippen LogP contribution in [0.25, 0.3) is 22.6 Å². The average Bonchev–Trinajstić information content (AvgIpc) is 2.76. The molecule has 0 saturated heterocycles. The molecule has 0 amide bonds. The normalized spacial score (nSPS) is 11.2. The number of aryl methyl sites for hydroxylation is 1. The molecule has 3 rings (SSSR count). The molecule has 19 heavy (non-hydrogen) atoms. The maximum atomic E-state index is 6.17. The minimum Gasteiger partial charge on any atom is -0.436 e. The fraction of sp³-hybridized carbons (Fsp3) is 0.0714. The Labute approximate surface area is 124 Å². The van der Waals surface area contributed by atoms with Crippen molar-refractivity contribution >= 4 is 45.9 Å². The second-order valence-corrected chi connectivity index (χ2v) is 5.46. The number of benzene rings is 2. The van der Waals surface area contributed by atoms with Crippen LogP contribution in [-0.2, 0) is 0 Å². The van der Waals surface area contributed by atoms with E-state index in [1.54, 1.807) is 12.1 Å². The summed E-state index contributed by atoms with van der Waals surface area (Å²) in [6.45, 7) is 2.00. The first-order chi connectivity index (χ1) is 9.04. The van der Waals surface area contributed by atoms with E-state index in [-0.39, 0.29) is 0 Å². The highest BCUT2D eigenvalue weighted by atomic mass is 35.5. The highest BCUT2D eigenvalue weighted by Gasteiger charge is 2.15. The first kappa shape index (κ1) is 12.8. The largest absolute Gasteiger partial charge is 0.436 e. The Kier molecular flexibility index (Phi) is 3.17. The fourth-order valence-electron chi connectivity index (χ4n) is 1.86. The summed E-state index contributed by atoms with van der Waals surface area (Å²) in [7, 11) is 0. The zero-order chi connectivity index (χ0) is 13.6. The van der Waals surface area contributed by atoms with Crippen LogP contribution in [-0.4, -0.2) is 4.98 Å². The number of oxazole rings is 1. The molecule has 0 saturated carbocycles. The van der Waals surface area contributed by atoms with E-state index >= 15 is 0 Å². The van der Waals surface area contributed by atoms with Gasteiger partial charge < -0.3 is 4.42 Å². The quantitative estimate of drug-likeness (QED) is 0.534. The van der Waals surface area contributed by atoms with Crippen LogP contribution in [0.4, 0.5) is 0 Å². The van der Waals surface area contributed by atoms with Crippen LogP contribution in [0, 0.1) is 6.92 Å². The molecule has 0 aliphatic rings. The molecule has 0 aliphatic heterocycles. The lowest BCUT2D eigenvalue weighted by Crippen LogP contribution is -1.81. The molecule has 96 valence electrons. The number of halogens is 3. The summed E-state index contributed by atoms with van der Waals surface area (Å²) >= 11 is 18.2. The number of fused-ring (bicyclic) bond motifs is 1. The fourth-order valence-corrected chi connectivity index (χ4v) is 2.55. The van der Waals surface area contributed by atoms with Gasteiger partial charge in [0, 0.05) is 5.02 Å². The van der Waals surface area contributed by atoms with E-state index in [0.717, 1.165) is 11.1 Å². The van der Waals surface area contributed by atoms with Gasteiger partial charge in [0.05, 0.1) is 15.6 Å². The van der Waals surface area contributed by atoms with Gasteiger partial charge in [0.15, 0.2) is 5.58 Å². The second kappa shape index (κ2) is 4.71. The molecule has 1 heterocycles. The third-order valence-electron chi connectivity index (χ3n) is 2.77. The highest BCUT2D eigenvalue weighted by Crippen LogP contribution is 2.37. The van der Waals surface area contributed by atoms with Crippen molar-refractivity contribution in [1.29, 1.82) is 0 Å². The third kappa shape index (κ3) is 2.32. The summed E-state index contributed by atoms with van der Waals surface area (Å²) < 4.78 is 5.69. The lowest BCUT2D eigenvalue weighted by molar-refractivity contribution is 0.620. The Bertz CT molecular complexity index is 780. The summed E-state index contributed by atoms with van der Waals surface area (Å²) in [5.74, 6) is 0.412. The van der Waals surface area contributed by atoms with Crippen molar-refractivity contribution in [2.24, 2.45) is 0 Å². The van der Waals surface area contributed by atoms with E-state index in [4.69, 9.17) is 39.2 Å². The van der Waals surface area contributed by atoms with Gasteiger partial charge in [0.2, 0.25) is 5.89 Å². The Hall–Kier alpha value is -1.22. The van der Waals surface area contributed by atoms with Crippen molar-refractivity contribution in [3.63, 3.8) is 0 Å². The van der Waals surface area contributed by atoms with Gasteiger partial charge in [-0.1, -0.05) is 40.9 Å². The van der Waals surface area contributed by atoms with Gasteiger partial charge in [0.25, 0.3) is 0 Å². The van der Waals surface area contributed by atoms with E-state index in [0.29, 0.717) is 32.1 Å². The third-order valence-corrected chi connectivity index (χ3v) is 3.79. The van der Waals surface area contributed by atoms with Gasteiger partial charge >= 0.3 is 0 Å². The summed E-state index contributed by atoms with van der Waals surface area (Å²) in [5, 5.41) is 1.25. The van der Waals surface area contributed by atoms with E-state index in [1.165, 1.54) is 0 Å². The van der Waals surface area contributed by atoms with Crippen molar-refractivity contribution in [1.82, 2.24) is 4.98 Å². The molecule has 2 nitrogen and oxygen atoms in total. The smallest absolute Gasteiger partial charge is 0.228 e. The van der Waals surface area contributed by atoms with Crippen LogP contribution in [0.3, 0.4) is 0 Å². The highest BCUT2D eigenvalue weighted by molar-refractivity contribution is 6.44. The average molecular weight is 313 g/mol. The molecular formula is C14H8Cl3NO. The number of hydrogen-bond acceptors (Lipinski definition) is 2. The molecule has 0 spiro atoms. The van der Waals surface area contributed by atoms with Crippen LogP contribution >= 0.6 is 34.8 Å². The van der Waals surface area contributed by atoms with Gasteiger partial charge in [0.1, 0.15) is 5.52 Å². The first-order valence-electron chi connectivity index (χ1n) is 5.57. The number of aromatic nitrogens is 1. The minimum atomic E-state index is 0.377. The maximum absolute atomic E-state index is 6.17. The number of nitrogens with zero attached hydrogens (tertiary/aromatic N) is 1. The van der Waals surface area contributed by atoms with Crippen molar-refractivity contribution in [3.05, 3.63) is 51.0 Å². The van der Waals surface area contributed by atoms with Crippen LogP contribution in [0.15, 0.2) is 34.7 Å². The molecule has 3 aromatic rings. The first-order valence-corrected chi connectivity index (χ1v) is 6.70. The van der Waals surface area contributed by atoms with E-state index in [2.05, 4.69) is 4.98 Å². The van der Waals surface area contributed by atoms with Crippen LogP contribution in [0.5, 0.6) is 0 Å². The molecule has 0 fully saturated rings. The molecule has 0 bridgehead atoms. The molecule has 0 radical (unpaired) electrons. The van der Waals surface area contributed by atoms with Gasteiger partial charge in [-0.25, -0.2) is 4.98 Å². The lowest BCUT2D eigenvalue weighted by Gasteiger charge is -2.02. The van der Waals surface area contributed by atoms with Gasteiger partial charge in [-0.3, -0.25) is 0 Å². The van der Waals surface area contributed by atoms with Crippen molar-refractivity contribution in [2.45, 2.75) is 6.92 Å². The standard InChI is InChI=1S/C14H8Cl3NO/c1-7-2-3-12-11(4-7)18-14(19-12)9-5-8(15)6-10(16)13(9)17/h2-6H,1H3. The minimum absolute atomic E-state index is 0.377. The topological polar surface area (TPSA) is 26.0 Å². The van der Waals surface area contributed by atoms with Crippen molar-refractivity contribution in [2.75, 3.05) is 0 Å². The Morgan fingerprint density at radius 2 is 1.84 bits per heavy atom. The monoisotopic (exact) mass is 311 g/mol. The number of rotatable bonds is 1. The van der Waals surface area contributed by atoms with Crippen molar-refractivity contribution < 1.29 is 4.42 Å². The van der Waals surface area contributed by atoms with E-state index in [9.17, 15) is 0 Å². The molecular weight excluding hydrogens is 305 g/mol. The molecule has 0 atom stereocenters. The molecule has 1 aromatic heterocycles. The molecule has 5 heteroatoms. The summed E-state index contributed by atoms with van der Waals surface area (Å²) in [6.07, 6.45) is 0. The van der Waals surface area contributed by atoms with Gasteiger partial charge in [-0.2, -0.15) is 0 Å². The summed E-state index contributed by atoms with van der Waals surface area (Å²) in [4.78, 5) is 4.42. The summed E-state index contributed by atoms with van der Waals surface area (Å²) in [6, 6.07) is 9.06. The zero-order valence-electron chi connectivity index (χ0n) is 9.88. The SMILES string of the molecule is Cc1ccc2oc(-c3cc(Cl)cc(Cl)c3Cl)nc2c1. The predicted molar refractivity (Wildman–Crippen MR) is 79.2 cm³/mol. The van der Waals surface area contributed by atoms with Crippen LogP contribution in [0.2, 0.25) is 15.1 Å². The second-order valence-electron chi connectivity index (χ2n) is 4.24. The zero-order valence-corrected chi connectivity index (χ0v) is 12.1. The van der Waals surface area contributed by atoms with Crippen LogP contribution < -0.4 is 0 Å². The predicted octanol–water partition coefficient (Wildman–Crippen LogP) is 5.76. The maximum Gasteiger partial charge on any atom is 0.228 e. The molecule has 0 aliphatic carbocycles. The molecule has 0 N–H and O–H groups in total. The van der Waals surface area contributed by atoms with Gasteiger partial charge in [-0.05, 0) is 36.8 Å². The van der Waals surface area contributed by atoms with Crippen molar-refractivity contribution in [3.8, 4) is 11.5 Å². The molecule has 2 aromatic carbocycles.